The molecule has 0 aliphatic heterocycles. The van der Waals surface area contributed by atoms with Crippen molar-refractivity contribution in [2.45, 2.75) is 13.5 Å². The topological polar surface area (TPSA) is 51.5 Å². The highest BCUT2D eigenvalue weighted by atomic mass is 35.5. The van der Waals surface area contributed by atoms with E-state index in [0.717, 1.165) is 16.5 Å². The van der Waals surface area contributed by atoms with Crippen molar-refractivity contribution in [2.75, 3.05) is 12.4 Å². The van der Waals surface area contributed by atoms with Crippen LogP contribution in [0.15, 0.2) is 46.9 Å². The number of nitrogens with one attached hydrogen (secondary N) is 1. The van der Waals surface area contributed by atoms with Crippen molar-refractivity contribution in [2.24, 2.45) is 0 Å². The molecule has 1 heterocycles. The number of carbonyl (C=O) groups excluding carboxylic acids is 1. The van der Waals surface area contributed by atoms with E-state index in [0.29, 0.717) is 22.9 Å². The molecular weight excluding hydrogens is 314 g/mol. The van der Waals surface area contributed by atoms with Crippen molar-refractivity contribution in [3.8, 4) is 0 Å². The van der Waals surface area contributed by atoms with Crippen LogP contribution in [0, 0.1) is 6.92 Å². The van der Waals surface area contributed by atoms with Crippen molar-refractivity contribution < 1.29 is 13.9 Å². The molecule has 0 bridgehead atoms. The summed E-state index contributed by atoms with van der Waals surface area (Å²) in [4.78, 5) is 12.6. The van der Waals surface area contributed by atoms with Crippen molar-refractivity contribution in [3.05, 3.63) is 64.4 Å². The lowest BCUT2D eigenvalue weighted by atomic mass is 10.1. The average Bonchev–Trinajstić information content (AvgIpc) is 2.91. The van der Waals surface area contributed by atoms with Gasteiger partial charge in [-0.25, -0.2) is 0 Å². The summed E-state index contributed by atoms with van der Waals surface area (Å²) in [5.41, 5.74) is 2.87. The van der Waals surface area contributed by atoms with Crippen LogP contribution in [0.5, 0.6) is 0 Å². The number of carbonyl (C=O) groups is 1. The number of benzene rings is 2. The molecule has 0 saturated carbocycles. The summed E-state index contributed by atoms with van der Waals surface area (Å²) < 4.78 is 10.9. The average molecular weight is 330 g/mol. The zero-order chi connectivity index (χ0) is 16.4. The van der Waals surface area contributed by atoms with Gasteiger partial charge in [0.2, 0.25) is 0 Å². The van der Waals surface area contributed by atoms with Gasteiger partial charge in [-0.1, -0.05) is 35.9 Å². The maximum atomic E-state index is 12.6. The predicted octanol–water partition coefficient (Wildman–Crippen LogP) is 4.79. The van der Waals surface area contributed by atoms with Crippen LogP contribution in [-0.4, -0.2) is 13.0 Å². The molecule has 3 rings (SSSR count). The summed E-state index contributed by atoms with van der Waals surface area (Å²) in [6.07, 6.45) is 0. The number of furan rings is 1. The Labute approximate surface area is 139 Å². The van der Waals surface area contributed by atoms with Gasteiger partial charge >= 0.3 is 0 Å². The molecule has 1 aromatic heterocycles. The van der Waals surface area contributed by atoms with E-state index in [4.69, 9.17) is 20.8 Å². The number of amides is 1. The third-order valence-electron chi connectivity index (χ3n) is 3.71. The molecule has 4 nitrogen and oxygen atoms in total. The number of anilines is 1. The van der Waals surface area contributed by atoms with Crippen LogP contribution < -0.4 is 5.32 Å². The van der Waals surface area contributed by atoms with Gasteiger partial charge in [-0.05, 0) is 30.7 Å². The van der Waals surface area contributed by atoms with Crippen LogP contribution in [-0.2, 0) is 11.3 Å². The molecule has 0 saturated heterocycles. The lowest BCUT2D eigenvalue weighted by Crippen LogP contribution is -2.14. The molecule has 0 fully saturated rings. The van der Waals surface area contributed by atoms with Crippen LogP contribution in [0.2, 0.25) is 5.02 Å². The molecule has 3 aromatic rings. The number of rotatable bonds is 4. The maximum absolute atomic E-state index is 12.6. The van der Waals surface area contributed by atoms with Crippen molar-refractivity contribution >= 4 is 34.2 Å². The largest absolute Gasteiger partial charge is 0.451 e. The number of fused-ring (bicyclic) bond motifs is 1. The molecule has 0 atom stereocenters. The van der Waals surface area contributed by atoms with Crippen LogP contribution in [0.1, 0.15) is 21.7 Å². The zero-order valence-corrected chi connectivity index (χ0v) is 13.6. The second-order valence-electron chi connectivity index (χ2n) is 5.21. The SMILES string of the molecule is COCc1c(C(=O)Nc2cccc(Cl)c2C)oc2ccccc12. The van der Waals surface area contributed by atoms with E-state index in [9.17, 15) is 4.79 Å². The summed E-state index contributed by atoms with van der Waals surface area (Å²) >= 11 is 6.09. The maximum Gasteiger partial charge on any atom is 0.291 e. The van der Waals surface area contributed by atoms with E-state index in [-0.39, 0.29) is 11.7 Å². The lowest BCUT2D eigenvalue weighted by molar-refractivity contribution is 0.0992. The van der Waals surface area contributed by atoms with E-state index in [1.165, 1.54) is 0 Å². The summed E-state index contributed by atoms with van der Waals surface area (Å²) in [7, 11) is 1.59. The fourth-order valence-corrected chi connectivity index (χ4v) is 2.67. The van der Waals surface area contributed by atoms with Gasteiger partial charge in [0, 0.05) is 28.8 Å². The molecule has 2 aromatic carbocycles. The lowest BCUT2D eigenvalue weighted by Gasteiger charge is -2.09. The number of hydrogen-bond acceptors (Lipinski definition) is 3. The van der Waals surface area contributed by atoms with Crippen LogP contribution in [0.25, 0.3) is 11.0 Å². The normalized spacial score (nSPS) is 10.9. The second kappa shape index (κ2) is 6.44. The van der Waals surface area contributed by atoms with Crippen LogP contribution in [0.4, 0.5) is 5.69 Å². The first kappa shape index (κ1) is 15.6. The predicted molar refractivity (Wildman–Crippen MR) is 91.1 cm³/mol. The van der Waals surface area contributed by atoms with Gasteiger partial charge in [0.25, 0.3) is 5.91 Å². The Morgan fingerprint density at radius 1 is 1.22 bits per heavy atom. The smallest absolute Gasteiger partial charge is 0.291 e. The molecular formula is C18H16ClNO3. The van der Waals surface area contributed by atoms with Gasteiger partial charge in [-0.3, -0.25) is 4.79 Å². The molecule has 23 heavy (non-hydrogen) atoms. The molecule has 0 radical (unpaired) electrons. The van der Waals surface area contributed by atoms with Gasteiger partial charge in [0.05, 0.1) is 6.61 Å². The minimum Gasteiger partial charge on any atom is -0.451 e. The van der Waals surface area contributed by atoms with E-state index >= 15 is 0 Å². The van der Waals surface area contributed by atoms with Crippen molar-refractivity contribution in [1.29, 1.82) is 0 Å². The standard InChI is InChI=1S/C18H16ClNO3/c1-11-14(19)7-5-8-15(11)20-18(21)17-13(10-22-2)12-6-3-4-9-16(12)23-17/h3-9H,10H2,1-2H3,(H,20,21). The second-order valence-corrected chi connectivity index (χ2v) is 5.61. The monoisotopic (exact) mass is 329 g/mol. The van der Waals surface area contributed by atoms with E-state index < -0.39 is 0 Å². The van der Waals surface area contributed by atoms with Gasteiger partial charge in [-0.2, -0.15) is 0 Å². The number of para-hydroxylation sites is 1. The highest BCUT2D eigenvalue weighted by Crippen LogP contribution is 2.28. The zero-order valence-electron chi connectivity index (χ0n) is 12.9. The Morgan fingerprint density at radius 2 is 2.00 bits per heavy atom. The van der Waals surface area contributed by atoms with E-state index in [1.807, 2.05) is 31.2 Å². The summed E-state index contributed by atoms with van der Waals surface area (Å²) in [6, 6.07) is 12.9. The number of ether oxygens (including phenoxy) is 1. The molecule has 0 spiro atoms. The molecule has 0 aliphatic carbocycles. The van der Waals surface area contributed by atoms with Gasteiger partial charge in [0.15, 0.2) is 5.76 Å². The fourth-order valence-electron chi connectivity index (χ4n) is 2.49. The Balaban J connectivity index is 2.00. The Kier molecular flexibility index (Phi) is 4.37. The molecule has 0 unspecified atom stereocenters. The number of halogens is 1. The Morgan fingerprint density at radius 3 is 2.78 bits per heavy atom. The molecule has 1 N–H and O–H groups in total. The minimum absolute atomic E-state index is 0.257. The van der Waals surface area contributed by atoms with Gasteiger partial charge in [-0.15, -0.1) is 0 Å². The van der Waals surface area contributed by atoms with Crippen molar-refractivity contribution in [1.82, 2.24) is 0 Å². The van der Waals surface area contributed by atoms with Crippen LogP contribution >= 0.6 is 11.6 Å². The van der Waals surface area contributed by atoms with E-state index in [1.54, 1.807) is 25.3 Å². The summed E-state index contributed by atoms with van der Waals surface area (Å²) in [5, 5.41) is 4.33. The summed E-state index contributed by atoms with van der Waals surface area (Å²) in [6.45, 7) is 2.15. The first-order chi connectivity index (χ1) is 11.1. The molecule has 118 valence electrons. The van der Waals surface area contributed by atoms with E-state index in [2.05, 4.69) is 5.32 Å². The van der Waals surface area contributed by atoms with Crippen LogP contribution in [0.3, 0.4) is 0 Å². The highest BCUT2D eigenvalue weighted by Gasteiger charge is 2.21. The number of hydrogen-bond donors (Lipinski definition) is 1. The quantitative estimate of drug-likeness (QED) is 0.748. The first-order valence-electron chi connectivity index (χ1n) is 7.17. The Hall–Kier alpha value is -2.30. The molecule has 1 amide bonds. The number of methoxy groups -OCH3 is 1. The fraction of sp³-hybridized carbons (Fsp3) is 0.167. The van der Waals surface area contributed by atoms with Gasteiger partial charge < -0.3 is 14.5 Å². The molecule has 5 heteroatoms. The third kappa shape index (κ3) is 2.96. The first-order valence-corrected chi connectivity index (χ1v) is 7.55. The van der Waals surface area contributed by atoms with Crippen molar-refractivity contribution in [3.63, 3.8) is 0 Å². The minimum atomic E-state index is -0.321. The van der Waals surface area contributed by atoms with Gasteiger partial charge in [0.1, 0.15) is 5.58 Å². The highest BCUT2D eigenvalue weighted by molar-refractivity contribution is 6.31. The molecule has 0 aliphatic rings. The Bertz CT molecular complexity index is 870. The third-order valence-corrected chi connectivity index (χ3v) is 4.12. The summed E-state index contributed by atoms with van der Waals surface area (Å²) in [5.74, 6) is -0.0638.